The Kier molecular flexibility index (Phi) is 6.06. The number of carbonyl (C=O) groups excluding carboxylic acids is 1. The van der Waals surface area contributed by atoms with E-state index in [2.05, 4.69) is 44.3 Å². The van der Waals surface area contributed by atoms with Crippen molar-refractivity contribution in [3.63, 3.8) is 0 Å². The number of hydrogen-bond acceptors (Lipinski definition) is 1. The van der Waals surface area contributed by atoms with Gasteiger partial charge in [-0.3, -0.25) is 4.79 Å². The van der Waals surface area contributed by atoms with Gasteiger partial charge in [0.1, 0.15) is 0 Å². The van der Waals surface area contributed by atoms with Gasteiger partial charge in [0.25, 0.3) is 0 Å². The van der Waals surface area contributed by atoms with Crippen LogP contribution in [0.4, 0.5) is 0 Å². The van der Waals surface area contributed by atoms with Gasteiger partial charge in [0.2, 0.25) is 5.91 Å². The van der Waals surface area contributed by atoms with Gasteiger partial charge in [-0.1, -0.05) is 49.2 Å². The van der Waals surface area contributed by atoms with Crippen LogP contribution in [0.15, 0.2) is 47.6 Å². The molecule has 0 heterocycles. The Morgan fingerprint density at radius 2 is 1.91 bits per heavy atom. The van der Waals surface area contributed by atoms with Crippen LogP contribution in [0, 0.1) is 11.8 Å². The van der Waals surface area contributed by atoms with E-state index < -0.39 is 0 Å². The van der Waals surface area contributed by atoms with Gasteiger partial charge >= 0.3 is 0 Å². The van der Waals surface area contributed by atoms with Crippen molar-refractivity contribution in [2.75, 3.05) is 6.54 Å². The molecule has 0 aliphatic heterocycles. The van der Waals surface area contributed by atoms with Crippen molar-refractivity contribution in [2.24, 2.45) is 11.8 Å². The molecule has 2 rings (SSSR count). The summed E-state index contributed by atoms with van der Waals surface area (Å²) in [4.78, 5) is 11.8. The van der Waals surface area contributed by atoms with Gasteiger partial charge in [0.15, 0.2) is 0 Å². The number of amides is 1. The van der Waals surface area contributed by atoms with Crippen LogP contribution in [0.1, 0.15) is 45.6 Å². The molecular weight excluding hydrogens is 306 g/mol. The Hall–Kier alpha value is -1.54. The summed E-state index contributed by atoms with van der Waals surface area (Å²) < 4.78 is 0. The third-order valence-corrected chi connectivity index (χ3v) is 4.42. The predicted octanol–water partition coefficient (Wildman–Crippen LogP) is 5.11. The molecular formula is C20H26ClNO. The summed E-state index contributed by atoms with van der Waals surface area (Å²) in [6.07, 6.45) is 5.00. The van der Waals surface area contributed by atoms with Crippen LogP contribution in [0.5, 0.6) is 0 Å². The highest BCUT2D eigenvalue weighted by atomic mass is 35.5. The fourth-order valence-electron chi connectivity index (χ4n) is 2.85. The zero-order chi connectivity index (χ0) is 17.0. The fraction of sp³-hybridized carbons (Fsp3) is 0.450. The maximum Gasteiger partial charge on any atom is 0.244 e. The lowest BCUT2D eigenvalue weighted by atomic mass is 10.0. The smallest absolute Gasteiger partial charge is 0.244 e. The second-order valence-electron chi connectivity index (χ2n) is 6.92. The van der Waals surface area contributed by atoms with E-state index in [1.807, 2.05) is 19.1 Å². The average Bonchev–Trinajstić information content (AvgIpc) is 3.26. The van der Waals surface area contributed by atoms with Gasteiger partial charge in [-0.2, -0.15) is 0 Å². The van der Waals surface area contributed by atoms with Gasteiger partial charge in [-0.25, -0.2) is 0 Å². The van der Waals surface area contributed by atoms with Crippen molar-refractivity contribution in [3.05, 3.63) is 58.1 Å². The Bertz CT molecular complexity index is 613. The van der Waals surface area contributed by atoms with Crippen molar-refractivity contribution in [1.29, 1.82) is 0 Å². The lowest BCUT2D eigenvalue weighted by molar-refractivity contribution is -0.116. The molecule has 0 bridgehead atoms. The Labute approximate surface area is 144 Å². The molecule has 1 aromatic rings. The molecule has 2 nitrogen and oxygen atoms in total. The van der Waals surface area contributed by atoms with Gasteiger partial charge in [0, 0.05) is 17.6 Å². The number of halogens is 1. The van der Waals surface area contributed by atoms with Gasteiger partial charge < -0.3 is 5.32 Å². The molecule has 0 spiro atoms. The van der Waals surface area contributed by atoms with E-state index in [4.69, 9.17) is 11.6 Å². The zero-order valence-electron chi connectivity index (χ0n) is 14.4. The third-order valence-electron chi connectivity index (χ3n) is 4.17. The molecule has 124 valence electrons. The molecule has 0 radical (unpaired) electrons. The summed E-state index contributed by atoms with van der Waals surface area (Å²) in [7, 11) is 0. The molecule has 0 aromatic heterocycles. The van der Waals surface area contributed by atoms with Crippen molar-refractivity contribution < 1.29 is 4.79 Å². The topological polar surface area (TPSA) is 29.1 Å². The lowest BCUT2D eigenvalue weighted by Crippen LogP contribution is -2.25. The summed E-state index contributed by atoms with van der Waals surface area (Å²) in [6.45, 7) is 9.03. The van der Waals surface area contributed by atoms with Crippen LogP contribution < -0.4 is 5.32 Å². The Morgan fingerprint density at radius 1 is 1.26 bits per heavy atom. The molecule has 1 aliphatic carbocycles. The molecule has 1 fully saturated rings. The van der Waals surface area contributed by atoms with Gasteiger partial charge in [-0.05, 0) is 61.3 Å². The first-order valence-electron chi connectivity index (χ1n) is 8.26. The van der Waals surface area contributed by atoms with Crippen molar-refractivity contribution in [3.8, 4) is 0 Å². The molecule has 1 saturated carbocycles. The number of carbonyl (C=O) groups is 1. The molecule has 23 heavy (non-hydrogen) atoms. The monoisotopic (exact) mass is 331 g/mol. The maximum atomic E-state index is 11.8. The van der Waals surface area contributed by atoms with E-state index in [1.165, 1.54) is 17.6 Å². The standard InChI is InChI=1S/C20H26ClNO/c1-13(2)12-22-20(23)10-14(3)9-15(4)18-11-19(18)16-5-7-17(21)8-6-16/h5-10,13,18-19H,11-12H2,1-4H3,(H,22,23)/b14-10+,15-9-. The van der Waals surface area contributed by atoms with E-state index in [0.29, 0.717) is 24.3 Å². The molecule has 2 atom stereocenters. The normalized spacial score (nSPS) is 21.5. The lowest BCUT2D eigenvalue weighted by Gasteiger charge is -2.06. The molecule has 1 N–H and O–H groups in total. The minimum absolute atomic E-state index is 0.00898. The molecule has 3 heteroatoms. The van der Waals surface area contributed by atoms with Crippen LogP contribution in [-0.4, -0.2) is 12.5 Å². The minimum atomic E-state index is -0.00898. The van der Waals surface area contributed by atoms with E-state index in [1.54, 1.807) is 6.08 Å². The molecule has 1 aromatic carbocycles. The second kappa shape index (κ2) is 7.83. The first kappa shape index (κ1) is 17.8. The highest BCUT2D eigenvalue weighted by Crippen LogP contribution is 2.51. The summed E-state index contributed by atoms with van der Waals surface area (Å²) in [5.74, 6) is 1.63. The minimum Gasteiger partial charge on any atom is -0.352 e. The predicted molar refractivity (Wildman–Crippen MR) is 97.7 cm³/mol. The summed E-state index contributed by atoms with van der Waals surface area (Å²) in [5.41, 5.74) is 3.70. The van der Waals surface area contributed by atoms with Crippen LogP contribution in [0.3, 0.4) is 0 Å². The SMILES string of the molecule is C/C(=C/C(C)=C/C(=O)NCC(C)C)C1CC1c1ccc(Cl)cc1. The highest BCUT2D eigenvalue weighted by Gasteiger charge is 2.39. The Balaban J connectivity index is 1.92. The third kappa shape index (κ3) is 5.54. The summed E-state index contributed by atoms with van der Waals surface area (Å²) in [5, 5.41) is 3.70. The molecule has 0 saturated heterocycles. The average molecular weight is 332 g/mol. The largest absolute Gasteiger partial charge is 0.352 e. The zero-order valence-corrected chi connectivity index (χ0v) is 15.2. The fourth-order valence-corrected chi connectivity index (χ4v) is 2.97. The van der Waals surface area contributed by atoms with Crippen LogP contribution in [-0.2, 0) is 4.79 Å². The van der Waals surface area contributed by atoms with E-state index >= 15 is 0 Å². The second-order valence-corrected chi connectivity index (χ2v) is 7.35. The van der Waals surface area contributed by atoms with Crippen molar-refractivity contribution >= 4 is 17.5 Å². The van der Waals surface area contributed by atoms with Crippen LogP contribution in [0.2, 0.25) is 5.02 Å². The van der Waals surface area contributed by atoms with Crippen LogP contribution in [0.25, 0.3) is 0 Å². The number of rotatable bonds is 6. The quantitative estimate of drug-likeness (QED) is 0.569. The number of hydrogen-bond donors (Lipinski definition) is 1. The van der Waals surface area contributed by atoms with Crippen LogP contribution >= 0.6 is 11.6 Å². The number of nitrogens with one attached hydrogen (secondary N) is 1. The van der Waals surface area contributed by atoms with Gasteiger partial charge in [-0.15, -0.1) is 0 Å². The Morgan fingerprint density at radius 3 is 2.52 bits per heavy atom. The first-order chi connectivity index (χ1) is 10.9. The van der Waals surface area contributed by atoms with E-state index in [-0.39, 0.29) is 5.91 Å². The maximum absolute atomic E-state index is 11.8. The number of allylic oxidation sites excluding steroid dienone is 3. The van der Waals surface area contributed by atoms with E-state index in [9.17, 15) is 4.79 Å². The van der Waals surface area contributed by atoms with Crippen molar-refractivity contribution in [1.82, 2.24) is 5.32 Å². The molecule has 2 unspecified atom stereocenters. The number of benzene rings is 1. The van der Waals surface area contributed by atoms with E-state index in [0.717, 1.165) is 10.6 Å². The van der Waals surface area contributed by atoms with Gasteiger partial charge in [0.05, 0.1) is 0 Å². The first-order valence-corrected chi connectivity index (χ1v) is 8.64. The van der Waals surface area contributed by atoms with Crippen molar-refractivity contribution in [2.45, 2.75) is 40.0 Å². The highest BCUT2D eigenvalue weighted by molar-refractivity contribution is 6.30. The molecule has 1 amide bonds. The molecule has 1 aliphatic rings. The summed E-state index contributed by atoms with van der Waals surface area (Å²) in [6, 6.07) is 8.13. The summed E-state index contributed by atoms with van der Waals surface area (Å²) >= 11 is 5.94.